The lowest BCUT2D eigenvalue weighted by atomic mass is 10.2. The maximum atomic E-state index is 5.27. The Kier molecular flexibility index (Phi) is 5.93. The second kappa shape index (κ2) is 7.49. The van der Waals surface area contributed by atoms with Crippen molar-refractivity contribution >= 4 is 27.3 Å². The summed E-state index contributed by atoms with van der Waals surface area (Å²) in [5.41, 5.74) is 3.40. The molecule has 0 bridgehead atoms. The number of nitrogens with one attached hydrogen (secondary N) is 1. The Bertz CT molecular complexity index is 610. The van der Waals surface area contributed by atoms with Crippen molar-refractivity contribution in [2.75, 3.05) is 7.11 Å². The zero-order valence-corrected chi connectivity index (χ0v) is 15.3. The zero-order valence-electron chi connectivity index (χ0n) is 12.9. The third-order valence-electron chi connectivity index (χ3n) is 3.15. The molecule has 0 spiro atoms. The van der Waals surface area contributed by atoms with Crippen molar-refractivity contribution in [1.82, 2.24) is 10.3 Å². The first-order chi connectivity index (χ1) is 10.0. The molecule has 0 fully saturated rings. The molecule has 1 aromatic carbocycles. The van der Waals surface area contributed by atoms with Crippen LogP contribution < -0.4 is 5.32 Å². The van der Waals surface area contributed by atoms with Crippen LogP contribution in [0.1, 0.15) is 30.0 Å². The van der Waals surface area contributed by atoms with Gasteiger partial charge in [-0.3, -0.25) is 0 Å². The van der Waals surface area contributed by atoms with Crippen LogP contribution in [-0.2, 0) is 17.9 Å². The molecule has 21 heavy (non-hydrogen) atoms. The molecule has 1 aromatic heterocycles. The summed E-state index contributed by atoms with van der Waals surface area (Å²) in [7, 11) is 1.71. The predicted octanol–water partition coefficient (Wildman–Crippen LogP) is 4.53. The first-order valence-electron chi connectivity index (χ1n) is 6.98. The van der Waals surface area contributed by atoms with E-state index >= 15 is 0 Å². The topological polar surface area (TPSA) is 34.1 Å². The smallest absolute Gasteiger partial charge is 0.124 e. The van der Waals surface area contributed by atoms with E-state index in [-0.39, 0.29) is 0 Å². The number of halogens is 1. The molecule has 0 atom stereocenters. The average molecular weight is 369 g/mol. The number of hydrogen-bond donors (Lipinski definition) is 1. The van der Waals surface area contributed by atoms with Crippen LogP contribution in [-0.4, -0.2) is 18.1 Å². The Labute approximate surface area is 138 Å². The van der Waals surface area contributed by atoms with Gasteiger partial charge < -0.3 is 10.1 Å². The summed E-state index contributed by atoms with van der Waals surface area (Å²) in [6.07, 6.45) is 0. The molecular weight excluding hydrogens is 348 g/mol. The van der Waals surface area contributed by atoms with Crippen molar-refractivity contribution in [3.05, 3.63) is 38.8 Å². The minimum atomic E-state index is 0.458. The van der Waals surface area contributed by atoms with Crippen molar-refractivity contribution in [3.63, 3.8) is 0 Å². The molecule has 2 aromatic rings. The monoisotopic (exact) mass is 368 g/mol. The van der Waals surface area contributed by atoms with Crippen LogP contribution in [0.15, 0.2) is 22.7 Å². The minimum Gasteiger partial charge on any atom is -0.378 e. The second-order valence-electron chi connectivity index (χ2n) is 5.32. The van der Waals surface area contributed by atoms with Gasteiger partial charge in [-0.2, -0.15) is 0 Å². The number of benzene rings is 1. The third kappa shape index (κ3) is 4.36. The van der Waals surface area contributed by atoms with E-state index in [4.69, 9.17) is 9.72 Å². The van der Waals surface area contributed by atoms with Crippen molar-refractivity contribution in [2.24, 2.45) is 0 Å². The van der Waals surface area contributed by atoms with Gasteiger partial charge in [0.1, 0.15) is 5.01 Å². The van der Waals surface area contributed by atoms with E-state index in [1.807, 2.05) is 0 Å². The fourth-order valence-corrected chi connectivity index (χ4v) is 3.31. The Hall–Kier alpha value is -0.750. The van der Waals surface area contributed by atoms with E-state index in [2.05, 4.69) is 60.2 Å². The van der Waals surface area contributed by atoms with Crippen molar-refractivity contribution in [2.45, 2.75) is 40.0 Å². The highest BCUT2D eigenvalue weighted by Crippen LogP contribution is 2.31. The standard InChI is InChI=1S/C16H21BrN2OS/c1-10(2)18-8-15-14(9-20-4)19-16(21-15)12-6-5-11(3)13(17)7-12/h5-7,10,18H,8-9H2,1-4H3. The highest BCUT2D eigenvalue weighted by atomic mass is 79.9. The Morgan fingerprint density at radius 1 is 1.38 bits per heavy atom. The van der Waals surface area contributed by atoms with E-state index in [0.29, 0.717) is 12.6 Å². The predicted molar refractivity (Wildman–Crippen MR) is 92.7 cm³/mol. The number of ether oxygens (including phenoxy) is 1. The fraction of sp³-hybridized carbons (Fsp3) is 0.438. The van der Waals surface area contributed by atoms with Crippen LogP contribution in [0.2, 0.25) is 0 Å². The fourth-order valence-electron chi connectivity index (χ4n) is 1.92. The van der Waals surface area contributed by atoms with Crippen LogP contribution in [0.5, 0.6) is 0 Å². The van der Waals surface area contributed by atoms with Crippen molar-refractivity contribution < 1.29 is 4.74 Å². The lowest BCUT2D eigenvalue weighted by molar-refractivity contribution is 0.181. The normalized spacial score (nSPS) is 11.3. The second-order valence-corrected chi connectivity index (χ2v) is 7.26. The summed E-state index contributed by atoms with van der Waals surface area (Å²) < 4.78 is 6.39. The number of rotatable bonds is 6. The molecule has 1 N–H and O–H groups in total. The van der Waals surface area contributed by atoms with E-state index in [1.165, 1.54) is 10.4 Å². The van der Waals surface area contributed by atoms with Gasteiger partial charge in [-0.25, -0.2) is 4.98 Å². The molecule has 0 amide bonds. The molecule has 0 radical (unpaired) electrons. The van der Waals surface area contributed by atoms with Crippen LogP contribution in [0, 0.1) is 6.92 Å². The van der Waals surface area contributed by atoms with Gasteiger partial charge in [0.2, 0.25) is 0 Å². The Balaban J connectivity index is 2.31. The lowest BCUT2D eigenvalue weighted by Gasteiger charge is -2.07. The van der Waals surface area contributed by atoms with Crippen LogP contribution in [0.3, 0.4) is 0 Å². The maximum absolute atomic E-state index is 5.27. The van der Waals surface area contributed by atoms with Crippen LogP contribution in [0.4, 0.5) is 0 Å². The van der Waals surface area contributed by atoms with Gasteiger partial charge in [-0.1, -0.05) is 41.9 Å². The summed E-state index contributed by atoms with van der Waals surface area (Å²) in [6, 6.07) is 6.82. The number of aromatic nitrogens is 1. The first kappa shape index (κ1) is 16.6. The van der Waals surface area contributed by atoms with E-state index in [9.17, 15) is 0 Å². The van der Waals surface area contributed by atoms with Crippen LogP contribution in [0.25, 0.3) is 10.6 Å². The molecule has 0 aliphatic carbocycles. The van der Waals surface area contributed by atoms with Gasteiger partial charge in [0.05, 0.1) is 12.3 Å². The number of nitrogens with zero attached hydrogens (tertiary/aromatic N) is 1. The van der Waals surface area contributed by atoms with E-state index in [0.717, 1.165) is 27.3 Å². The zero-order chi connectivity index (χ0) is 15.4. The molecule has 5 heteroatoms. The number of aryl methyl sites for hydroxylation is 1. The van der Waals surface area contributed by atoms with Crippen molar-refractivity contribution in [1.29, 1.82) is 0 Å². The largest absolute Gasteiger partial charge is 0.378 e. The molecule has 3 nitrogen and oxygen atoms in total. The highest BCUT2D eigenvalue weighted by molar-refractivity contribution is 9.10. The molecule has 0 saturated heterocycles. The Morgan fingerprint density at radius 3 is 2.76 bits per heavy atom. The molecule has 0 unspecified atom stereocenters. The number of methoxy groups -OCH3 is 1. The van der Waals surface area contributed by atoms with Gasteiger partial charge in [0.15, 0.2) is 0 Å². The SMILES string of the molecule is COCc1nc(-c2ccc(C)c(Br)c2)sc1CNC(C)C. The summed E-state index contributed by atoms with van der Waals surface area (Å²) in [5, 5.41) is 4.50. The lowest BCUT2D eigenvalue weighted by Crippen LogP contribution is -2.21. The van der Waals surface area contributed by atoms with Gasteiger partial charge in [0, 0.05) is 34.6 Å². The molecular formula is C16H21BrN2OS. The summed E-state index contributed by atoms with van der Waals surface area (Å²) in [4.78, 5) is 6.00. The molecule has 0 aliphatic rings. The number of hydrogen-bond acceptors (Lipinski definition) is 4. The first-order valence-corrected chi connectivity index (χ1v) is 8.59. The summed E-state index contributed by atoms with van der Waals surface area (Å²) in [5.74, 6) is 0. The summed E-state index contributed by atoms with van der Waals surface area (Å²) >= 11 is 5.32. The van der Waals surface area contributed by atoms with Crippen LogP contribution >= 0.6 is 27.3 Å². The molecule has 114 valence electrons. The maximum Gasteiger partial charge on any atom is 0.124 e. The van der Waals surface area contributed by atoms with Gasteiger partial charge in [0.25, 0.3) is 0 Å². The molecule has 2 rings (SSSR count). The number of thiazole rings is 1. The third-order valence-corrected chi connectivity index (χ3v) is 5.15. The quantitative estimate of drug-likeness (QED) is 0.813. The summed E-state index contributed by atoms with van der Waals surface area (Å²) in [6.45, 7) is 7.77. The molecule has 1 heterocycles. The molecule has 0 aliphatic heterocycles. The van der Waals surface area contributed by atoms with E-state index in [1.54, 1.807) is 18.4 Å². The van der Waals surface area contributed by atoms with Crippen molar-refractivity contribution in [3.8, 4) is 10.6 Å². The average Bonchev–Trinajstić information content (AvgIpc) is 2.83. The van der Waals surface area contributed by atoms with Gasteiger partial charge in [-0.15, -0.1) is 11.3 Å². The van der Waals surface area contributed by atoms with E-state index < -0.39 is 0 Å². The molecule has 0 saturated carbocycles. The minimum absolute atomic E-state index is 0.458. The van der Waals surface area contributed by atoms with Gasteiger partial charge >= 0.3 is 0 Å². The van der Waals surface area contributed by atoms with Gasteiger partial charge in [-0.05, 0) is 18.6 Å². The highest BCUT2D eigenvalue weighted by Gasteiger charge is 2.13. The Morgan fingerprint density at radius 2 is 2.14 bits per heavy atom.